The van der Waals surface area contributed by atoms with Crippen molar-refractivity contribution in [2.45, 2.75) is 12.5 Å². The zero-order valence-electron chi connectivity index (χ0n) is 11.7. The average molecular weight is 287 g/mol. The van der Waals surface area contributed by atoms with E-state index in [-0.39, 0.29) is 18.9 Å². The molecular formula is C16H17NO4. The standard InChI is InChI=1S/C16H17NO4/c1-21-16(20)14(18)10-17-15(19)9-11-6-7-12-4-2-3-5-13(12)8-11/h2-8,14,18H,9-10H2,1H3,(H,17,19). The predicted molar refractivity (Wildman–Crippen MR) is 78.7 cm³/mol. The Morgan fingerprint density at radius 3 is 2.62 bits per heavy atom. The topological polar surface area (TPSA) is 75.6 Å². The van der Waals surface area contributed by atoms with Crippen LogP contribution in [0.2, 0.25) is 0 Å². The molecule has 1 atom stereocenters. The molecule has 110 valence electrons. The molecule has 0 saturated carbocycles. The Kier molecular flexibility index (Phi) is 4.90. The van der Waals surface area contributed by atoms with Crippen LogP contribution in [-0.4, -0.2) is 36.7 Å². The van der Waals surface area contributed by atoms with Crippen LogP contribution < -0.4 is 5.32 Å². The second-order valence-electron chi connectivity index (χ2n) is 4.70. The molecule has 21 heavy (non-hydrogen) atoms. The number of fused-ring (bicyclic) bond motifs is 1. The van der Waals surface area contributed by atoms with Crippen molar-refractivity contribution in [3.05, 3.63) is 48.0 Å². The first kappa shape index (κ1) is 15.0. The Balaban J connectivity index is 1.93. The van der Waals surface area contributed by atoms with Gasteiger partial charge in [0.15, 0.2) is 6.10 Å². The molecule has 2 aromatic carbocycles. The smallest absolute Gasteiger partial charge is 0.336 e. The van der Waals surface area contributed by atoms with Gasteiger partial charge in [-0.25, -0.2) is 4.79 Å². The number of aliphatic hydroxyl groups excluding tert-OH is 1. The molecule has 0 radical (unpaired) electrons. The van der Waals surface area contributed by atoms with E-state index in [1.165, 1.54) is 7.11 Å². The molecule has 0 aromatic heterocycles. The van der Waals surface area contributed by atoms with E-state index in [2.05, 4.69) is 10.1 Å². The molecule has 0 aliphatic heterocycles. The molecule has 5 heteroatoms. The summed E-state index contributed by atoms with van der Waals surface area (Å²) >= 11 is 0. The molecule has 1 unspecified atom stereocenters. The van der Waals surface area contributed by atoms with Gasteiger partial charge in [0.2, 0.25) is 5.91 Å². The summed E-state index contributed by atoms with van der Waals surface area (Å²) in [6.45, 7) is -0.154. The van der Waals surface area contributed by atoms with Gasteiger partial charge in [-0.2, -0.15) is 0 Å². The van der Waals surface area contributed by atoms with Crippen molar-refractivity contribution in [1.29, 1.82) is 0 Å². The number of hydrogen-bond donors (Lipinski definition) is 2. The quantitative estimate of drug-likeness (QED) is 0.805. The lowest BCUT2D eigenvalue weighted by Crippen LogP contribution is -2.37. The summed E-state index contributed by atoms with van der Waals surface area (Å²) in [5.74, 6) is -1.02. The van der Waals surface area contributed by atoms with E-state index in [0.29, 0.717) is 0 Å². The number of nitrogens with one attached hydrogen (secondary N) is 1. The first-order valence-electron chi connectivity index (χ1n) is 6.60. The van der Waals surface area contributed by atoms with Gasteiger partial charge in [0.25, 0.3) is 0 Å². The molecule has 0 spiro atoms. The van der Waals surface area contributed by atoms with Gasteiger partial charge in [0.1, 0.15) is 0 Å². The third-order valence-corrected chi connectivity index (χ3v) is 3.14. The van der Waals surface area contributed by atoms with E-state index in [9.17, 15) is 14.7 Å². The number of esters is 1. The lowest BCUT2D eigenvalue weighted by atomic mass is 10.0. The van der Waals surface area contributed by atoms with E-state index in [4.69, 9.17) is 0 Å². The van der Waals surface area contributed by atoms with Crippen molar-refractivity contribution < 1.29 is 19.4 Å². The van der Waals surface area contributed by atoms with E-state index in [0.717, 1.165) is 16.3 Å². The highest BCUT2D eigenvalue weighted by Crippen LogP contribution is 2.15. The number of hydrogen-bond acceptors (Lipinski definition) is 4. The van der Waals surface area contributed by atoms with Gasteiger partial charge in [0.05, 0.1) is 20.1 Å². The monoisotopic (exact) mass is 287 g/mol. The Morgan fingerprint density at radius 1 is 1.19 bits per heavy atom. The number of aliphatic hydroxyl groups is 1. The fourth-order valence-corrected chi connectivity index (χ4v) is 2.03. The minimum Gasteiger partial charge on any atom is -0.467 e. The van der Waals surface area contributed by atoms with Gasteiger partial charge in [-0.15, -0.1) is 0 Å². The molecule has 1 amide bonds. The molecule has 5 nitrogen and oxygen atoms in total. The molecule has 0 saturated heterocycles. The van der Waals surface area contributed by atoms with Crippen molar-refractivity contribution in [1.82, 2.24) is 5.32 Å². The number of rotatable bonds is 5. The van der Waals surface area contributed by atoms with Crippen molar-refractivity contribution in [2.24, 2.45) is 0 Å². The number of carbonyl (C=O) groups excluding carboxylic acids is 2. The zero-order valence-corrected chi connectivity index (χ0v) is 11.7. The third kappa shape index (κ3) is 4.03. The fourth-order valence-electron chi connectivity index (χ4n) is 2.03. The molecule has 0 bridgehead atoms. The summed E-state index contributed by atoms with van der Waals surface area (Å²) in [5, 5.41) is 14.1. The van der Waals surface area contributed by atoms with Crippen LogP contribution in [0.25, 0.3) is 10.8 Å². The second-order valence-corrected chi connectivity index (χ2v) is 4.70. The number of carbonyl (C=O) groups is 2. The Labute approximate surface area is 122 Å². The summed E-state index contributed by atoms with van der Waals surface area (Å²) < 4.78 is 4.37. The lowest BCUT2D eigenvalue weighted by Gasteiger charge is -2.10. The minimum atomic E-state index is -1.34. The zero-order chi connectivity index (χ0) is 15.2. The summed E-state index contributed by atoms with van der Waals surface area (Å²) in [4.78, 5) is 22.8. The summed E-state index contributed by atoms with van der Waals surface area (Å²) in [6, 6.07) is 13.7. The van der Waals surface area contributed by atoms with E-state index in [1.807, 2.05) is 42.5 Å². The van der Waals surface area contributed by atoms with Gasteiger partial charge in [-0.05, 0) is 16.3 Å². The first-order valence-corrected chi connectivity index (χ1v) is 6.60. The van der Waals surface area contributed by atoms with Gasteiger partial charge < -0.3 is 15.2 Å². The minimum absolute atomic E-state index is 0.154. The average Bonchev–Trinajstić information content (AvgIpc) is 2.51. The van der Waals surface area contributed by atoms with Crippen LogP contribution in [0.5, 0.6) is 0 Å². The van der Waals surface area contributed by atoms with Crippen LogP contribution in [0.3, 0.4) is 0 Å². The molecule has 0 fully saturated rings. The van der Waals surface area contributed by atoms with Gasteiger partial charge in [0, 0.05) is 0 Å². The number of amides is 1. The van der Waals surface area contributed by atoms with Crippen LogP contribution >= 0.6 is 0 Å². The first-order chi connectivity index (χ1) is 10.1. The van der Waals surface area contributed by atoms with Crippen molar-refractivity contribution in [3.63, 3.8) is 0 Å². The van der Waals surface area contributed by atoms with Crippen LogP contribution in [0.15, 0.2) is 42.5 Å². The van der Waals surface area contributed by atoms with Gasteiger partial charge in [-0.1, -0.05) is 42.5 Å². The highest BCUT2D eigenvalue weighted by Gasteiger charge is 2.16. The summed E-state index contributed by atoms with van der Waals surface area (Å²) in [7, 11) is 1.18. The highest BCUT2D eigenvalue weighted by atomic mass is 16.5. The Morgan fingerprint density at radius 2 is 1.90 bits per heavy atom. The van der Waals surface area contributed by atoms with Crippen LogP contribution in [0.1, 0.15) is 5.56 Å². The molecule has 2 rings (SSSR count). The maximum Gasteiger partial charge on any atom is 0.336 e. The third-order valence-electron chi connectivity index (χ3n) is 3.14. The fraction of sp³-hybridized carbons (Fsp3) is 0.250. The van der Waals surface area contributed by atoms with Gasteiger partial charge >= 0.3 is 5.97 Å². The highest BCUT2D eigenvalue weighted by molar-refractivity contribution is 5.85. The second kappa shape index (κ2) is 6.85. The van der Waals surface area contributed by atoms with Crippen molar-refractivity contribution in [2.75, 3.05) is 13.7 Å². The van der Waals surface area contributed by atoms with Crippen LogP contribution in [-0.2, 0) is 20.7 Å². The molecule has 0 heterocycles. The molecule has 2 aromatic rings. The molecule has 2 N–H and O–H groups in total. The van der Waals surface area contributed by atoms with Crippen molar-refractivity contribution in [3.8, 4) is 0 Å². The lowest BCUT2D eigenvalue weighted by molar-refractivity contribution is -0.150. The maximum atomic E-state index is 11.8. The van der Waals surface area contributed by atoms with E-state index in [1.54, 1.807) is 0 Å². The number of ether oxygens (including phenoxy) is 1. The molecule has 0 aliphatic carbocycles. The van der Waals surface area contributed by atoms with Crippen LogP contribution in [0, 0.1) is 0 Å². The number of benzene rings is 2. The summed E-state index contributed by atoms with van der Waals surface area (Å²) in [6.07, 6.45) is -1.14. The maximum absolute atomic E-state index is 11.8. The van der Waals surface area contributed by atoms with E-state index >= 15 is 0 Å². The predicted octanol–water partition coefficient (Wildman–Crippen LogP) is 1.03. The largest absolute Gasteiger partial charge is 0.467 e. The van der Waals surface area contributed by atoms with Crippen LogP contribution in [0.4, 0.5) is 0 Å². The van der Waals surface area contributed by atoms with Crippen molar-refractivity contribution >= 4 is 22.6 Å². The Hall–Kier alpha value is -2.40. The summed E-state index contributed by atoms with van der Waals surface area (Å²) in [5.41, 5.74) is 0.874. The normalized spacial score (nSPS) is 11.9. The molecular weight excluding hydrogens is 270 g/mol. The Bertz CT molecular complexity index is 654. The number of methoxy groups -OCH3 is 1. The van der Waals surface area contributed by atoms with Gasteiger partial charge in [-0.3, -0.25) is 4.79 Å². The SMILES string of the molecule is COC(=O)C(O)CNC(=O)Cc1ccc2ccccc2c1. The van der Waals surface area contributed by atoms with E-state index < -0.39 is 12.1 Å². The molecule has 0 aliphatic rings.